The van der Waals surface area contributed by atoms with E-state index in [2.05, 4.69) is 25.5 Å². The monoisotopic (exact) mass is 480 g/mol. The van der Waals surface area contributed by atoms with E-state index in [4.69, 9.17) is 16.0 Å². The lowest BCUT2D eigenvalue weighted by Crippen LogP contribution is -2.22. The van der Waals surface area contributed by atoms with Gasteiger partial charge in [-0.2, -0.15) is 5.10 Å². The Morgan fingerprint density at radius 1 is 1.14 bits per heavy atom. The van der Waals surface area contributed by atoms with Crippen LogP contribution in [0.15, 0.2) is 65.2 Å². The number of anilines is 1. The first-order valence-corrected chi connectivity index (χ1v) is 10.1. The molecule has 4 rings (SSSR count). The van der Waals surface area contributed by atoms with Crippen molar-refractivity contribution < 1.29 is 22.9 Å². The summed E-state index contributed by atoms with van der Waals surface area (Å²) >= 11 is 0. The van der Waals surface area contributed by atoms with Crippen molar-refractivity contribution in [3.8, 4) is 22.9 Å². The quantitative estimate of drug-likeness (QED) is 0.322. The van der Waals surface area contributed by atoms with E-state index in [9.17, 15) is 18.4 Å². The predicted molar refractivity (Wildman–Crippen MR) is 119 cm³/mol. The van der Waals surface area contributed by atoms with Gasteiger partial charge in [-0.3, -0.25) is 14.3 Å². The fourth-order valence-electron chi connectivity index (χ4n) is 3.15. The van der Waals surface area contributed by atoms with Gasteiger partial charge < -0.3 is 21.3 Å². The van der Waals surface area contributed by atoms with Gasteiger partial charge in [0, 0.05) is 23.4 Å². The molecule has 3 heterocycles. The number of carbonyl (C=O) groups excluding carboxylic acids is 2. The second-order valence-corrected chi connectivity index (χ2v) is 7.23. The summed E-state index contributed by atoms with van der Waals surface area (Å²) in [7, 11) is 0. The summed E-state index contributed by atoms with van der Waals surface area (Å²) in [6.45, 7) is 0.0530. The van der Waals surface area contributed by atoms with Crippen LogP contribution in [0.4, 0.5) is 14.6 Å². The number of rotatable bonds is 8. The highest BCUT2D eigenvalue weighted by atomic mass is 19.1. The Bertz CT molecular complexity index is 1420. The molecule has 0 atom stereocenters. The highest BCUT2D eigenvalue weighted by molar-refractivity contribution is 6.06. The van der Waals surface area contributed by atoms with Gasteiger partial charge in [-0.05, 0) is 12.1 Å². The number of aromatic nitrogens is 5. The minimum Gasteiger partial charge on any atom is -0.404 e. The number of carbonyl (C=O) groups is 2. The van der Waals surface area contributed by atoms with Gasteiger partial charge in [0.2, 0.25) is 5.91 Å². The number of primary amides is 1. The van der Waals surface area contributed by atoms with Crippen LogP contribution in [0.2, 0.25) is 0 Å². The minimum absolute atomic E-state index is 0.0353. The molecular weight excluding hydrogens is 462 g/mol. The Kier molecular flexibility index (Phi) is 6.57. The highest BCUT2D eigenvalue weighted by Gasteiger charge is 2.20. The van der Waals surface area contributed by atoms with Crippen LogP contribution in [0.3, 0.4) is 0 Å². The van der Waals surface area contributed by atoms with Gasteiger partial charge in [-0.15, -0.1) is 0 Å². The number of nitrogens with one attached hydrogen (secondary N) is 1. The molecule has 0 bridgehead atoms. The Balaban J connectivity index is 1.69. The average Bonchev–Trinajstić information content (AvgIpc) is 3.50. The second-order valence-electron chi connectivity index (χ2n) is 7.23. The molecular formula is C22H18F2N8O3. The molecule has 0 unspecified atom stereocenters. The van der Waals surface area contributed by atoms with E-state index in [1.807, 2.05) is 0 Å². The van der Waals surface area contributed by atoms with Crippen LogP contribution in [-0.4, -0.2) is 36.7 Å². The first-order chi connectivity index (χ1) is 16.9. The summed E-state index contributed by atoms with van der Waals surface area (Å²) in [5.41, 5.74) is 11.7. The maximum Gasteiger partial charge on any atom is 0.254 e. The van der Waals surface area contributed by atoms with Crippen LogP contribution >= 0.6 is 0 Å². The smallest absolute Gasteiger partial charge is 0.254 e. The number of hydrogen-bond donors (Lipinski definition) is 3. The first-order valence-electron chi connectivity index (χ1n) is 10.1. The first kappa shape index (κ1) is 23.2. The minimum atomic E-state index is -0.930. The molecule has 0 saturated heterocycles. The molecule has 35 heavy (non-hydrogen) atoms. The number of benzene rings is 1. The largest absolute Gasteiger partial charge is 0.404 e. The summed E-state index contributed by atoms with van der Waals surface area (Å²) in [6, 6.07) is 9.36. The van der Waals surface area contributed by atoms with Crippen molar-refractivity contribution in [1.82, 2.24) is 24.9 Å². The van der Waals surface area contributed by atoms with Crippen molar-refractivity contribution >= 4 is 17.6 Å². The summed E-state index contributed by atoms with van der Waals surface area (Å²) in [5.74, 6) is -3.49. The Morgan fingerprint density at radius 2 is 1.94 bits per heavy atom. The molecule has 0 aliphatic carbocycles. The van der Waals surface area contributed by atoms with Crippen LogP contribution in [0.1, 0.15) is 12.0 Å². The van der Waals surface area contributed by atoms with Gasteiger partial charge >= 0.3 is 0 Å². The molecule has 11 nitrogen and oxygen atoms in total. The molecule has 1 aromatic carbocycles. The number of nitrogens with zero attached hydrogens (tertiary/aromatic N) is 5. The van der Waals surface area contributed by atoms with Crippen LogP contribution in [0.5, 0.6) is 0 Å². The van der Waals surface area contributed by atoms with Gasteiger partial charge in [-0.1, -0.05) is 23.4 Å². The zero-order chi connectivity index (χ0) is 24.9. The lowest BCUT2D eigenvalue weighted by Gasteiger charge is -2.08. The van der Waals surface area contributed by atoms with Crippen molar-refractivity contribution in [2.45, 2.75) is 13.0 Å². The fraction of sp³-hybridized carbons (Fsp3) is 0.0909. The maximum absolute atomic E-state index is 14.3. The predicted octanol–water partition coefficient (Wildman–Crippen LogP) is 1.98. The molecule has 2 amide bonds. The Hall–Kier alpha value is -4.94. The third-order valence-electron chi connectivity index (χ3n) is 4.82. The van der Waals surface area contributed by atoms with Crippen LogP contribution in [0, 0.1) is 11.6 Å². The molecule has 5 N–H and O–H groups in total. The van der Waals surface area contributed by atoms with E-state index in [0.717, 1.165) is 12.4 Å². The fourth-order valence-corrected chi connectivity index (χ4v) is 3.15. The summed E-state index contributed by atoms with van der Waals surface area (Å²) in [4.78, 5) is 31.5. The van der Waals surface area contributed by atoms with Crippen molar-refractivity contribution in [1.29, 1.82) is 0 Å². The summed E-state index contributed by atoms with van der Waals surface area (Å²) in [5, 5.41) is 10.6. The normalized spacial score (nSPS) is 11.4. The lowest BCUT2D eigenvalue weighted by molar-refractivity contribution is -0.119. The Morgan fingerprint density at radius 3 is 2.63 bits per heavy atom. The van der Waals surface area contributed by atoms with E-state index >= 15 is 0 Å². The van der Waals surface area contributed by atoms with E-state index < -0.39 is 35.7 Å². The van der Waals surface area contributed by atoms with Crippen molar-refractivity contribution in [3.05, 3.63) is 77.8 Å². The average molecular weight is 480 g/mol. The van der Waals surface area contributed by atoms with E-state index in [1.54, 1.807) is 30.3 Å². The molecule has 4 aromatic rings. The number of amides is 2. The summed E-state index contributed by atoms with van der Waals surface area (Å²) in [6.07, 6.45) is 2.67. The molecule has 3 aromatic heterocycles. The van der Waals surface area contributed by atoms with Gasteiger partial charge in [0.15, 0.2) is 17.5 Å². The van der Waals surface area contributed by atoms with Crippen molar-refractivity contribution in [2.24, 2.45) is 11.5 Å². The third kappa shape index (κ3) is 5.19. The number of nitrogens with two attached hydrogens (primary N) is 2. The van der Waals surface area contributed by atoms with E-state index in [1.165, 1.54) is 17.0 Å². The molecule has 0 saturated carbocycles. The topological polar surface area (TPSA) is 168 Å². The molecule has 0 aliphatic heterocycles. The number of halogens is 2. The highest BCUT2D eigenvalue weighted by Crippen LogP contribution is 2.26. The van der Waals surface area contributed by atoms with Gasteiger partial charge in [0.25, 0.3) is 5.91 Å². The molecule has 13 heteroatoms. The molecule has 0 spiro atoms. The van der Waals surface area contributed by atoms with Gasteiger partial charge in [0.05, 0.1) is 24.9 Å². The van der Waals surface area contributed by atoms with Gasteiger partial charge in [0.1, 0.15) is 23.5 Å². The summed E-state index contributed by atoms with van der Waals surface area (Å²) < 4.78 is 35.0. The maximum atomic E-state index is 14.3. The van der Waals surface area contributed by atoms with E-state index in [-0.39, 0.29) is 23.6 Å². The SMILES string of the molecule is N/C=C(/CC(N)=O)C(=O)Nc1nc(-c2cc(-c3ccon3)n(Cc3ccccc3F)n2)ncc1F. The lowest BCUT2D eigenvalue weighted by atomic mass is 10.2. The van der Waals surface area contributed by atoms with Gasteiger partial charge in [-0.25, -0.2) is 18.7 Å². The van der Waals surface area contributed by atoms with Crippen LogP contribution in [0.25, 0.3) is 22.9 Å². The van der Waals surface area contributed by atoms with Crippen molar-refractivity contribution in [3.63, 3.8) is 0 Å². The van der Waals surface area contributed by atoms with Crippen LogP contribution in [-0.2, 0) is 16.1 Å². The Labute approximate surface area is 196 Å². The molecule has 0 fully saturated rings. The molecule has 0 aliphatic rings. The number of hydrogen-bond acceptors (Lipinski definition) is 8. The zero-order valence-corrected chi connectivity index (χ0v) is 18.0. The van der Waals surface area contributed by atoms with Crippen molar-refractivity contribution in [2.75, 3.05) is 5.32 Å². The van der Waals surface area contributed by atoms with E-state index in [0.29, 0.717) is 17.0 Å². The standard InChI is InChI=1S/C22H18F2N8O3/c23-14-4-2-1-3-12(14)11-32-18(16-5-6-35-31-16)8-17(30-32)21-27-10-15(24)20(28-21)29-22(34)13(9-25)7-19(26)33/h1-6,8-10H,7,11,25H2,(H2,26,33)(H,27,28,29,34)/b13-9-. The molecule has 178 valence electrons. The molecule has 0 radical (unpaired) electrons. The van der Waals surface area contributed by atoms with Crippen LogP contribution < -0.4 is 16.8 Å². The third-order valence-corrected chi connectivity index (χ3v) is 4.82. The second kappa shape index (κ2) is 9.91. The zero-order valence-electron chi connectivity index (χ0n) is 18.0.